The molecule has 118 valence electrons. The number of nitrogen functional groups attached to an aromatic ring is 1. The van der Waals surface area contributed by atoms with Crippen molar-refractivity contribution >= 4 is 23.4 Å². The lowest BCUT2D eigenvalue weighted by Crippen LogP contribution is -2.15. The van der Waals surface area contributed by atoms with Gasteiger partial charge in [0.05, 0.1) is 13.2 Å². The summed E-state index contributed by atoms with van der Waals surface area (Å²) in [5, 5.41) is 3.71. The zero-order chi connectivity index (χ0) is 16.1. The summed E-state index contributed by atoms with van der Waals surface area (Å²) in [6.45, 7) is 4.34. The molecule has 0 bridgehead atoms. The van der Waals surface area contributed by atoms with Crippen LogP contribution in [0.3, 0.4) is 0 Å². The molecular formula is C16H21ClN4O. The Morgan fingerprint density at radius 2 is 2.00 bits per heavy atom. The Balaban J connectivity index is 2.33. The van der Waals surface area contributed by atoms with Crippen molar-refractivity contribution in [2.75, 3.05) is 18.2 Å². The minimum Gasteiger partial charge on any atom is -0.496 e. The average Bonchev–Trinajstić information content (AvgIpc) is 2.45. The maximum absolute atomic E-state index is 5.95. The number of halogens is 1. The summed E-state index contributed by atoms with van der Waals surface area (Å²) < 4.78 is 5.47. The average molecular weight is 321 g/mol. The van der Waals surface area contributed by atoms with E-state index in [-0.39, 0.29) is 12.0 Å². The van der Waals surface area contributed by atoms with E-state index in [1.165, 1.54) is 0 Å². The molecule has 1 aromatic heterocycles. The number of aromatic nitrogens is 2. The van der Waals surface area contributed by atoms with Gasteiger partial charge < -0.3 is 15.8 Å². The summed E-state index contributed by atoms with van der Waals surface area (Å²) in [5.74, 6) is 2.10. The lowest BCUT2D eigenvalue weighted by molar-refractivity contribution is 0.402. The molecule has 0 saturated carbocycles. The smallest absolute Gasteiger partial charge is 0.223 e. The Morgan fingerprint density at radius 3 is 2.64 bits per heavy atom. The fourth-order valence-electron chi connectivity index (χ4n) is 2.38. The molecule has 0 radical (unpaired) electrons. The molecule has 1 atom stereocenters. The van der Waals surface area contributed by atoms with E-state index >= 15 is 0 Å². The van der Waals surface area contributed by atoms with Crippen LogP contribution in [0.25, 0.3) is 0 Å². The van der Waals surface area contributed by atoms with Crippen LogP contribution in [0.5, 0.6) is 5.75 Å². The number of nitrogens with one attached hydrogen (secondary N) is 1. The van der Waals surface area contributed by atoms with Gasteiger partial charge in [0.15, 0.2) is 0 Å². The number of hydrogen-bond acceptors (Lipinski definition) is 5. The number of methoxy groups -OCH3 is 1. The van der Waals surface area contributed by atoms with Gasteiger partial charge in [-0.2, -0.15) is 4.98 Å². The van der Waals surface area contributed by atoms with E-state index in [4.69, 9.17) is 22.1 Å². The molecule has 6 heteroatoms. The SMILES string of the molecule is COc1ccccc1C(CC(C)C)Nc1cc(Cl)nc(N)n1. The lowest BCUT2D eigenvalue weighted by atomic mass is 9.96. The van der Waals surface area contributed by atoms with Gasteiger partial charge in [0.25, 0.3) is 0 Å². The van der Waals surface area contributed by atoms with Gasteiger partial charge in [-0.1, -0.05) is 43.6 Å². The summed E-state index contributed by atoms with van der Waals surface area (Å²) >= 11 is 5.95. The molecule has 0 aliphatic rings. The van der Waals surface area contributed by atoms with Crippen LogP contribution in [0.2, 0.25) is 5.15 Å². The Morgan fingerprint density at radius 1 is 1.27 bits per heavy atom. The first-order valence-electron chi connectivity index (χ1n) is 7.19. The van der Waals surface area contributed by atoms with E-state index in [2.05, 4.69) is 29.1 Å². The molecule has 0 amide bonds. The summed E-state index contributed by atoms with van der Waals surface area (Å²) in [5.41, 5.74) is 6.74. The van der Waals surface area contributed by atoms with Crippen molar-refractivity contribution < 1.29 is 4.74 Å². The Kier molecular flexibility index (Phi) is 5.44. The molecule has 5 nitrogen and oxygen atoms in total. The highest BCUT2D eigenvalue weighted by Gasteiger charge is 2.18. The lowest BCUT2D eigenvalue weighted by Gasteiger charge is -2.23. The number of hydrogen-bond donors (Lipinski definition) is 2. The monoisotopic (exact) mass is 320 g/mol. The second-order valence-corrected chi connectivity index (χ2v) is 5.89. The van der Waals surface area contributed by atoms with Crippen molar-refractivity contribution in [3.05, 3.63) is 41.0 Å². The second kappa shape index (κ2) is 7.31. The Bertz CT molecular complexity index is 613. The number of ether oxygens (including phenoxy) is 1. The number of para-hydroxylation sites is 1. The number of nitrogens with zero attached hydrogens (tertiary/aromatic N) is 2. The molecule has 0 saturated heterocycles. The fourth-order valence-corrected chi connectivity index (χ4v) is 2.57. The van der Waals surface area contributed by atoms with Gasteiger partial charge in [0.2, 0.25) is 5.95 Å². The number of benzene rings is 1. The quantitative estimate of drug-likeness (QED) is 0.789. The van der Waals surface area contributed by atoms with E-state index in [0.29, 0.717) is 16.9 Å². The first-order chi connectivity index (χ1) is 10.5. The number of rotatable bonds is 6. The van der Waals surface area contributed by atoms with Crippen LogP contribution >= 0.6 is 11.6 Å². The first-order valence-corrected chi connectivity index (χ1v) is 7.57. The molecule has 3 N–H and O–H groups in total. The van der Waals surface area contributed by atoms with Gasteiger partial charge in [-0.3, -0.25) is 0 Å². The summed E-state index contributed by atoms with van der Waals surface area (Å²) in [6, 6.07) is 9.65. The van der Waals surface area contributed by atoms with Gasteiger partial charge in [-0.05, 0) is 18.4 Å². The van der Waals surface area contributed by atoms with Crippen molar-refractivity contribution in [1.29, 1.82) is 0 Å². The topological polar surface area (TPSA) is 73.1 Å². The van der Waals surface area contributed by atoms with Gasteiger partial charge >= 0.3 is 0 Å². The molecule has 2 aromatic rings. The summed E-state index contributed by atoms with van der Waals surface area (Å²) in [6.07, 6.45) is 0.919. The molecule has 2 rings (SSSR count). The third kappa shape index (κ3) is 4.24. The first kappa shape index (κ1) is 16.4. The molecule has 22 heavy (non-hydrogen) atoms. The number of nitrogens with two attached hydrogens (primary N) is 1. The highest BCUT2D eigenvalue weighted by atomic mass is 35.5. The predicted octanol–water partition coefficient (Wildman–Crippen LogP) is 3.92. The molecule has 1 unspecified atom stereocenters. The second-order valence-electron chi connectivity index (χ2n) is 5.50. The van der Waals surface area contributed by atoms with Crippen molar-refractivity contribution in [1.82, 2.24) is 9.97 Å². The number of anilines is 2. The zero-order valence-corrected chi connectivity index (χ0v) is 13.8. The van der Waals surface area contributed by atoms with Crippen molar-refractivity contribution in [2.45, 2.75) is 26.3 Å². The summed E-state index contributed by atoms with van der Waals surface area (Å²) in [4.78, 5) is 8.07. The molecule has 0 aliphatic carbocycles. The van der Waals surface area contributed by atoms with Gasteiger partial charge in [0, 0.05) is 11.6 Å². The van der Waals surface area contributed by atoms with Crippen LogP contribution < -0.4 is 15.8 Å². The van der Waals surface area contributed by atoms with Crippen molar-refractivity contribution in [2.24, 2.45) is 5.92 Å². The van der Waals surface area contributed by atoms with Crippen molar-refractivity contribution in [3.8, 4) is 5.75 Å². The maximum atomic E-state index is 5.95. The maximum Gasteiger partial charge on any atom is 0.223 e. The van der Waals surface area contributed by atoms with E-state index in [1.807, 2.05) is 24.3 Å². The molecule has 1 heterocycles. The van der Waals surface area contributed by atoms with E-state index in [1.54, 1.807) is 13.2 Å². The van der Waals surface area contributed by atoms with Crippen LogP contribution in [0.4, 0.5) is 11.8 Å². The minimum atomic E-state index is 0.0431. The van der Waals surface area contributed by atoms with Crippen LogP contribution in [-0.4, -0.2) is 17.1 Å². The van der Waals surface area contributed by atoms with Crippen LogP contribution in [0.1, 0.15) is 31.9 Å². The van der Waals surface area contributed by atoms with Crippen LogP contribution in [-0.2, 0) is 0 Å². The molecule has 0 aliphatic heterocycles. The van der Waals surface area contributed by atoms with E-state index < -0.39 is 0 Å². The standard InChI is InChI=1S/C16H21ClN4O/c1-10(2)8-12(11-6-4-5-7-13(11)22-3)19-15-9-14(17)20-16(18)21-15/h4-7,9-10,12H,8H2,1-3H3,(H3,18,19,20,21). The third-order valence-corrected chi connectivity index (χ3v) is 3.45. The molecule has 1 aromatic carbocycles. The van der Waals surface area contributed by atoms with E-state index in [9.17, 15) is 0 Å². The van der Waals surface area contributed by atoms with Crippen molar-refractivity contribution in [3.63, 3.8) is 0 Å². The van der Waals surface area contributed by atoms with E-state index in [0.717, 1.165) is 17.7 Å². The van der Waals surface area contributed by atoms with Gasteiger partial charge in [-0.25, -0.2) is 4.98 Å². The van der Waals surface area contributed by atoms with Crippen LogP contribution in [0, 0.1) is 5.92 Å². The molecule has 0 spiro atoms. The normalized spacial score (nSPS) is 12.2. The largest absolute Gasteiger partial charge is 0.496 e. The predicted molar refractivity (Wildman–Crippen MR) is 90.3 cm³/mol. The van der Waals surface area contributed by atoms with Gasteiger partial charge in [-0.15, -0.1) is 0 Å². The third-order valence-electron chi connectivity index (χ3n) is 3.26. The van der Waals surface area contributed by atoms with Crippen LogP contribution in [0.15, 0.2) is 30.3 Å². The highest BCUT2D eigenvalue weighted by molar-refractivity contribution is 6.29. The Labute approximate surface area is 135 Å². The minimum absolute atomic E-state index is 0.0431. The molecular weight excluding hydrogens is 300 g/mol. The zero-order valence-electron chi connectivity index (χ0n) is 13.0. The molecule has 0 fully saturated rings. The van der Waals surface area contributed by atoms with Gasteiger partial charge in [0.1, 0.15) is 16.7 Å². The Hall–Kier alpha value is -2.01. The highest BCUT2D eigenvalue weighted by Crippen LogP contribution is 2.32. The fraction of sp³-hybridized carbons (Fsp3) is 0.375. The summed E-state index contributed by atoms with van der Waals surface area (Å²) in [7, 11) is 1.67.